The van der Waals surface area contributed by atoms with E-state index in [-0.39, 0.29) is 17.5 Å². The van der Waals surface area contributed by atoms with Crippen molar-refractivity contribution in [2.75, 3.05) is 19.6 Å². The Morgan fingerprint density at radius 3 is 2.58 bits per heavy atom. The molecule has 1 aromatic carbocycles. The number of carbonyl (C=O) groups is 1. The van der Waals surface area contributed by atoms with Gasteiger partial charge in [0.15, 0.2) is 0 Å². The van der Waals surface area contributed by atoms with Crippen molar-refractivity contribution in [2.24, 2.45) is 0 Å². The van der Waals surface area contributed by atoms with Crippen molar-refractivity contribution in [3.8, 4) is 0 Å². The van der Waals surface area contributed by atoms with Gasteiger partial charge in [-0.25, -0.2) is 4.39 Å². The molecule has 0 radical (unpaired) electrons. The van der Waals surface area contributed by atoms with Crippen LogP contribution in [0.1, 0.15) is 36.7 Å². The predicted octanol–water partition coefficient (Wildman–Crippen LogP) is 2.59. The van der Waals surface area contributed by atoms with Gasteiger partial charge in [-0.3, -0.25) is 4.79 Å². The van der Waals surface area contributed by atoms with Crippen LogP contribution in [0.4, 0.5) is 4.39 Å². The average Bonchev–Trinajstić information content (AvgIpc) is 2.38. The standard InChI is InChI=1S/C15H23FN2O/c1-5-18(6-2)10-12(4)17-15(19)13-9-11(3)7-8-14(13)16/h7-9,12H,5-6,10H2,1-4H3,(H,17,19). The first-order valence-electron chi connectivity index (χ1n) is 6.77. The van der Waals surface area contributed by atoms with Gasteiger partial charge in [0.25, 0.3) is 5.91 Å². The van der Waals surface area contributed by atoms with E-state index in [1.165, 1.54) is 6.07 Å². The number of carbonyl (C=O) groups excluding carboxylic acids is 1. The molecular weight excluding hydrogens is 243 g/mol. The molecule has 1 aromatic rings. The van der Waals surface area contributed by atoms with Gasteiger partial charge in [-0.05, 0) is 39.1 Å². The summed E-state index contributed by atoms with van der Waals surface area (Å²) in [4.78, 5) is 14.2. The van der Waals surface area contributed by atoms with Crippen LogP contribution in [-0.2, 0) is 0 Å². The third kappa shape index (κ3) is 4.63. The number of nitrogens with zero attached hydrogens (tertiary/aromatic N) is 1. The van der Waals surface area contributed by atoms with E-state index >= 15 is 0 Å². The Morgan fingerprint density at radius 2 is 2.00 bits per heavy atom. The van der Waals surface area contributed by atoms with Gasteiger partial charge in [-0.2, -0.15) is 0 Å². The summed E-state index contributed by atoms with van der Waals surface area (Å²) in [5.41, 5.74) is 0.995. The van der Waals surface area contributed by atoms with Crippen molar-refractivity contribution >= 4 is 5.91 Å². The zero-order chi connectivity index (χ0) is 14.4. The SMILES string of the molecule is CCN(CC)CC(C)NC(=O)c1cc(C)ccc1F. The van der Waals surface area contributed by atoms with E-state index in [0.717, 1.165) is 25.2 Å². The summed E-state index contributed by atoms with van der Waals surface area (Å²) in [6, 6.07) is 4.56. The van der Waals surface area contributed by atoms with Crippen molar-refractivity contribution in [1.82, 2.24) is 10.2 Å². The molecule has 1 N–H and O–H groups in total. The molecule has 0 saturated heterocycles. The van der Waals surface area contributed by atoms with Crippen LogP contribution in [0.2, 0.25) is 0 Å². The van der Waals surface area contributed by atoms with Gasteiger partial charge in [0.1, 0.15) is 5.82 Å². The Morgan fingerprint density at radius 1 is 1.37 bits per heavy atom. The fraction of sp³-hybridized carbons (Fsp3) is 0.533. The minimum atomic E-state index is -0.474. The number of aryl methyl sites for hydroxylation is 1. The summed E-state index contributed by atoms with van der Waals surface area (Å²) in [7, 11) is 0. The van der Waals surface area contributed by atoms with Gasteiger partial charge >= 0.3 is 0 Å². The maximum Gasteiger partial charge on any atom is 0.254 e. The predicted molar refractivity (Wildman–Crippen MR) is 75.9 cm³/mol. The Labute approximate surface area is 114 Å². The number of likely N-dealkylation sites (N-methyl/N-ethyl adjacent to an activating group) is 1. The van der Waals surface area contributed by atoms with E-state index in [9.17, 15) is 9.18 Å². The number of nitrogens with one attached hydrogen (secondary N) is 1. The van der Waals surface area contributed by atoms with Crippen molar-refractivity contribution < 1.29 is 9.18 Å². The lowest BCUT2D eigenvalue weighted by atomic mass is 10.1. The highest BCUT2D eigenvalue weighted by Crippen LogP contribution is 2.10. The van der Waals surface area contributed by atoms with Crippen LogP contribution in [-0.4, -0.2) is 36.5 Å². The molecule has 0 aromatic heterocycles. The highest BCUT2D eigenvalue weighted by atomic mass is 19.1. The van der Waals surface area contributed by atoms with Gasteiger partial charge in [0.2, 0.25) is 0 Å². The fourth-order valence-corrected chi connectivity index (χ4v) is 2.03. The smallest absolute Gasteiger partial charge is 0.254 e. The molecule has 0 aliphatic carbocycles. The van der Waals surface area contributed by atoms with Crippen LogP contribution < -0.4 is 5.32 Å². The maximum atomic E-state index is 13.6. The summed E-state index contributed by atoms with van der Waals surface area (Å²) in [5.74, 6) is -0.820. The van der Waals surface area contributed by atoms with Crippen LogP contribution in [0.3, 0.4) is 0 Å². The maximum absolute atomic E-state index is 13.6. The van der Waals surface area contributed by atoms with E-state index < -0.39 is 5.82 Å². The molecule has 4 heteroatoms. The fourth-order valence-electron chi connectivity index (χ4n) is 2.03. The lowest BCUT2D eigenvalue weighted by Crippen LogP contribution is -2.42. The van der Waals surface area contributed by atoms with Gasteiger partial charge < -0.3 is 10.2 Å². The Balaban J connectivity index is 2.66. The topological polar surface area (TPSA) is 32.3 Å². The zero-order valence-corrected chi connectivity index (χ0v) is 12.2. The molecule has 19 heavy (non-hydrogen) atoms. The molecule has 1 unspecified atom stereocenters. The first-order chi connectivity index (χ1) is 8.97. The molecule has 106 valence electrons. The molecule has 0 fully saturated rings. The molecule has 0 bridgehead atoms. The number of amides is 1. The number of benzene rings is 1. The van der Waals surface area contributed by atoms with E-state index in [2.05, 4.69) is 24.1 Å². The normalized spacial score (nSPS) is 12.5. The largest absolute Gasteiger partial charge is 0.348 e. The second-order valence-corrected chi connectivity index (χ2v) is 4.84. The van der Waals surface area contributed by atoms with Crippen LogP contribution in [0, 0.1) is 12.7 Å². The number of hydrogen-bond acceptors (Lipinski definition) is 2. The van der Waals surface area contributed by atoms with Crippen molar-refractivity contribution in [3.63, 3.8) is 0 Å². The quantitative estimate of drug-likeness (QED) is 0.858. The molecule has 3 nitrogen and oxygen atoms in total. The number of hydrogen-bond donors (Lipinski definition) is 1. The first kappa shape index (κ1) is 15.6. The highest BCUT2D eigenvalue weighted by molar-refractivity contribution is 5.94. The third-order valence-corrected chi connectivity index (χ3v) is 3.17. The van der Waals surface area contributed by atoms with Crippen LogP contribution in [0.15, 0.2) is 18.2 Å². The molecule has 1 amide bonds. The van der Waals surface area contributed by atoms with Crippen LogP contribution >= 0.6 is 0 Å². The molecule has 0 aliphatic rings. The Kier molecular flexibility index (Phi) is 5.96. The highest BCUT2D eigenvalue weighted by Gasteiger charge is 2.15. The van der Waals surface area contributed by atoms with Crippen molar-refractivity contribution in [2.45, 2.75) is 33.7 Å². The second kappa shape index (κ2) is 7.24. The zero-order valence-electron chi connectivity index (χ0n) is 12.2. The Hall–Kier alpha value is -1.42. The summed E-state index contributed by atoms with van der Waals surface area (Å²) in [5, 5.41) is 2.84. The lowest BCUT2D eigenvalue weighted by Gasteiger charge is -2.23. The lowest BCUT2D eigenvalue weighted by molar-refractivity contribution is 0.0926. The summed E-state index contributed by atoms with van der Waals surface area (Å²) >= 11 is 0. The van der Waals surface area contributed by atoms with Gasteiger partial charge in [-0.15, -0.1) is 0 Å². The summed E-state index contributed by atoms with van der Waals surface area (Å²) in [6.45, 7) is 10.6. The van der Waals surface area contributed by atoms with E-state index in [1.54, 1.807) is 12.1 Å². The van der Waals surface area contributed by atoms with E-state index in [4.69, 9.17) is 0 Å². The summed E-state index contributed by atoms with van der Waals surface area (Å²) in [6.07, 6.45) is 0. The minimum Gasteiger partial charge on any atom is -0.348 e. The Bertz CT molecular complexity index is 430. The number of halogens is 1. The van der Waals surface area contributed by atoms with Gasteiger partial charge in [0, 0.05) is 12.6 Å². The first-order valence-corrected chi connectivity index (χ1v) is 6.77. The van der Waals surface area contributed by atoms with E-state index in [1.807, 2.05) is 13.8 Å². The summed E-state index contributed by atoms with van der Waals surface area (Å²) < 4.78 is 13.6. The van der Waals surface area contributed by atoms with Crippen molar-refractivity contribution in [3.05, 3.63) is 35.1 Å². The molecular formula is C15H23FN2O. The molecule has 0 spiro atoms. The number of rotatable bonds is 6. The second-order valence-electron chi connectivity index (χ2n) is 4.84. The van der Waals surface area contributed by atoms with Gasteiger partial charge in [0.05, 0.1) is 5.56 Å². The molecule has 0 aliphatic heterocycles. The molecule has 0 saturated carbocycles. The van der Waals surface area contributed by atoms with Crippen LogP contribution in [0.25, 0.3) is 0 Å². The third-order valence-electron chi connectivity index (χ3n) is 3.17. The van der Waals surface area contributed by atoms with E-state index in [0.29, 0.717) is 0 Å². The van der Waals surface area contributed by atoms with Crippen molar-refractivity contribution in [1.29, 1.82) is 0 Å². The monoisotopic (exact) mass is 266 g/mol. The average molecular weight is 266 g/mol. The molecule has 1 rings (SSSR count). The van der Waals surface area contributed by atoms with Crippen LogP contribution in [0.5, 0.6) is 0 Å². The van der Waals surface area contributed by atoms with Gasteiger partial charge in [-0.1, -0.05) is 25.5 Å². The molecule has 0 heterocycles. The minimum absolute atomic E-state index is 0.00712. The molecule has 1 atom stereocenters.